The van der Waals surface area contributed by atoms with Gasteiger partial charge in [0.1, 0.15) is 17.9 Å². The summed E-state index contributed by atoms with van der Waals surface area (Å²) in [6, 6.07) is 12.1. The third-order valence-corrected chi connectivity index (χ3v) is 4.96. The molecule has 0 spiro atoms. The molecule has 0 aliphatic carbocycles. The highest BCUT2D eigenvalue weighted by molar-refractivity contribution is 5.99. The monoisotopic (exact) mass is 393 g/mol. The van der Waals surface area contributed by atoms with Gasteiger partial charge in [0.15, 0.2) is 6.10 Å². The number of amides is 1. The Balaban J connectivity index is 1.47. The van der Waals surface area contributed by atoms with Crippen LogP contribution in [0.5, 0.6) is 5.75 Å². The molecule has 3 aromatic rings. The topological polar surface area (TPSA) is 94.8 Å². The maximum absolute atomic E-state index is 12.3. The second-order valence-corrected chi connectivity index (χ2v) is 6.93. The van der Waals surface area contributed by atoms with Crippen LogP contribution >= 0.6 is 0 Å². The molecule has 1 aromatic heterocycles. The number of rotatable bonds is 4. The highest BCUT2D eigenvalue weighted by Gasteiger charge is 2.30. The standard InChI is InChI=1S/C22H19NO6/c1-12-7-8-15-14(9-20(25)29-21(15)13(12)2)11-27-19(24)10-18-22(26)23-16-5-3-4-6-17(16)28-18/h3-9,18H,10-11H2,1-2H3,(H,23,26)/t18-/m1/s1. The van der Waals surface area contributed by atoms with Crippen LogP contribution in [-0.2, 0) is 20.9 Å². The summed E-state index contributed by atoms with van der Waals surface area (Å²) in [5.74, 6) is -0.505. The van der Waals surface area contributed by atoms with Crippen LogP contribution in [0, 0.1) is 13.8 Å². The van der Waals surface area contributed by atoms with Crippen LogP contribution in [0.1, 0.15) is 23.1 Å². The lowest BCUT2D eigenvalue weighted by atomic mass is 10.0. The number of esters is 1. The molecule has 1 amide bonds. The van der Waals surface area contributed by atoms with Crippen LogP contribution < -0.4 is 15.7 Å². The molecule has 7 heteroatoms. The predicted octanol–water partition coefficient (Wildman–Crippen LogP) is 3.24. The Labute approximate surface area is 166 Å². The Morgan fingerprint density at radius 2 is 1.93 bits per heavy atom. The van der Waals surface area contributed by atoms with Crippen molar-refractivity contribution < 1.29 is 23.5 Å². The maximum atomic E-state index is 12.3. The molecule has 2 aromatic carbocycles. The van der Waals surface area contributed by atoms with E-state index in [0.29, 0.717) is 28.0 Å². The van der Waals surface area contributed by atoms with E-state index in [4.69, 9.17) is 13.9 Å². The molecule has 148 valence electrons. The molecule has 0 bridgehead atoms. The van der Waals surface area contributed by atoms with Crippen molar-refractivity contribution in [2.75, 3.05) is 5.32 Å². The minimum atomic E-state index is -0.972. The fraction of sp³-hybridized carbons (Fsp3) is 0.227. The van der Waals surface area contributed by atoms with E-state index in [9.17, 15) is 14.4 Å². The van der Waals surface area contributed by atoms with Crippen molar-refractivity contribution in [2.24, 2.45) is 0 Å². The molecule has 0 unspecified atom stereocenters. The Bertz CT molecular complexity index is 1180. The average molecular weight is 393 g/mol. The number of benzene rings is 2. The average Bonchev–Trinajstić information content (AvgIpc) is 2.70. The van der Waals surface area contributed by atoms with Crippen molar-refractivity contribution in [1.29, 1.82) is 0 Å². The van der Waals surface area contributed by atoms with E-state index < -0.39 is 23.6 Å². The van der Waals surface area contributed by atoms with Gasteiger partial charge in [-0.2, -0.15) is 0 Å². The first kappa shape index (κ1) is 18.7. The van der Waals surface area contributed by atoms with Crippen molar-refractivity contribution in [3.8, 4) is 5.75 Å². The summed E-state index contributed by atoms with van der Waals surface area (Å²) in [5, 5.41) is 3.42. The van der Waals surface area contributed by atoms with Gasteiger partial charge < -0.3 is 19.2 Å². The van der Waals surface area contributed by atoms with Gasteiger partial charge in [0.25, 0.3) is 5.91 Å². The Hall–Kier alpha value is -3.61. The van der Waals surface area contributed by atoms with Crippen molar-refractivity contribution >= 4 is 28.5 Å². The van der Waals surface area contributed by atoms with Crippen molar-refractivity contribution in [2.45, 2.75) is 33.0 Å². The third kappa shape index (κ3) is 3.71. The third-order valence-electron chi connectivity index (χ3n) is 4.96. The lowest BCUT2D eigenvalue weighted by Crippen LogP contribution is -2.38. The fourth-order valence-corrected chi connectivity index (χ4v) is 3.24. The molecule has 1 atom stereocenters. The molecule has 1 N–H and O–H groups in total. The summed E-state index contributed by atoms with van der Waals surface area (Å²) in [6.07, 6.45) is -1.21. The van der Waals surface area contributed by atoms with Crippen molar-refractivity contribution in [3.63, 3.8) is 0 Å². The molecule has 1 aliphatic heterocycles. The quantitative estimate of drug-likeness (QED) is 0.540. The zero-order valence-electron chi connectivity index (χ0n) is 16.0. The van der Waals surface area contributed by atoms with E-state index in [1.807, 2.05) is 26.0 Å². The highest BCUT2D eigenvalue weighted by atomic mass is 16.5. The summed E-state index contributed by atoms with van der Waals surface area (Å²) in [7, 11) is 0. The van der Waals surface area contributed by atoms with Gasteiger partial charge in [-0.25, -0.2) is 4.79 Å². The number of hydrogen-bond acceptors (Lipinski definition) is 6. The number of anilines is 1. The van der Waals surface area contributed by atoms with Crippen LogP contribution in [0.2, 0.25) is 0 Å². The number of nitrogens with one attached hydrogen (secondary N) is 1. The lowest BCUT2D eigenvalue weighted by Gasteiger charge is -2.25. The summed E-state index contributed by atoms with van der Waals surface area (Å²) in [5.41, 5.74) is 2.94. The van der Waals surface area contributed by atoms with Crippen molar-refractivity contribution in [1.82, 2.24) is 0 Å². The number of carbonyl (C=O) groups is 2. The van der Waals surface area contributed by atoms with Gasteiger partial charge in [0, 0.05) is 17.0 Å². The lowest BCUT2D eigenvalue weighted by molar-refractivity contribution is -0.149. The van der Waals surface area contributed by atoms with E-state index >= 15 is 0 Å². The van der Waals surface area contributed by atoms with Gasteiger partial charge >= 0.3 is 11.6 Å². The molecule has 1 aliphatic rings. The molecule has 0 saturated heterocycles. The first-order valence-electron chi connectivity index (χ1n) is 9.17. The first-order chi connectivity index (χ1) is 13.9. The van der Waals surface area contributed by atoms with Crippen LogP contribution in [-0.4, -0.2) is 18.0 Å². The molecule has 0 saturated carbocycles. The second kappa shape index (κ2) is 7.43. The number of carbonyl (C=O) groups excluding carboxylic acids is 2. The number of para-hydroxylation sites is 2. The molecular formula is C22H19NO6. The molecular weight excluding hydrogens is 374 g/mol. The van der Waals surface area contributed by atoms with Crippen molar-refractivity contribution in [3.05, 3.63) is 69.6 Å². The van der Waals surface area contributed by atoms with Crippen LogP contribution in [0.3, 0.4) is 0 Å². The molecule has 29 heavy (non-hydrogen) atoms. The van der Waals surface area contributed by atoms with Gasteiger partial charge in [-0.05, 0) is 37.1 Å². The second-order valence-electron chi connectivity index (χ2n) is 6.93. The summed E-state index contributed by atoms with van der Waals surface area (Å²) >= 11 is 0. The van der Waals surface area contributed by atoms with Gasteiger partial charge in [-0.1, -0.05) is 24.3 Å². The molecule has 0 radical (unpaired) electrons. The number of hydrogen-bond donors (Lipinski definition) is 1. The van der Waals surface area contributed by atoms with Gasteiger partial charge in [0.2, 0.25) is 0 Å². The molecule has 0 fully saturated rings. The predicted molar refractivity (Wildman–Crippen MR) is 106 cm³/mol. The van der Waals surface area contributed by atoms with E-state index in [1.54, 1.807) is 24.3 Å². The Morgan fingerprint density at radius 1 is 1.14 bits per heavy atom. The Morgan fingerprint density at radius 3 is 2.76 bits per heavy atom. The normalized spacial score (nSPS) is 15.4. The molecule has 2 heterocycles. The number of fused-ring (bicyclic) bond motifs is 2. The Kier molecular flexibility index (Phi) is 4.80. The minimum Gasteiger partial charge on any atom is -0.478 e. The largest absolute Gasteiger partial charge is 0.478 e. The van der Waals surface area contributed by atoms with E-state index in [-0.39, 0.29) is 13.0 Å². The number of ether oxygens (including phenoxy) is 2. The van der Waals surface area contributed by atoms with Crippen LogP contribution in [0.15, 0.2) is 51.7 Å². The SMILES string of the molecule is Cc1ccc2c(COC(=O)C[C@H]3Oc4ccccc4NC3=O)cc(=O)oc2c1C. The van der Waals surface area contributed by atoms with Gasteiger partial charge in [-0.3, -0.25) is 9.59 Å². The zero-order valence-corrected chi connectivity index (χ0v) is 16.0. The fourth-order valence-electron chi connectivity index (χ4n) is 3.24. The van der Waals surface area contributed by atoms with E-state index in [1.165, 1.54) is 6.07 Å². The summed E-state index contributed by atoms with van der Waals surface area (Å²) < 4.78 is 16.2. The molecule has 4 rings (SSSR count). The maximum Gasteiger partial charge on any atom is 0.336 e. The van der Waals surface area contributed by atoms with E-state index in [0.717, 1.165) is 11.1 Å². The smallest absolute Gasteiger partial charge is 0.336 e. The van der Waals surface area contributed by atoms with E-state index in [2.05, 4.69) is 5.32 Å². The minimum absolute atomic E-state index is 0.103. The zero-order chi connectivity index (χ0) is 20.5. The summed E-state index contributed by atoms with van der Waals surface area (Å²) in [6.45, 7) is 3.69. The first-order valence-corrected chi connectivity index (χ1v) is 9.17. The summed E-state index contributed by atoms with van der Waals surface area (Å²) in [4.78, 5) is 36.4. The van der Waals surface area contributed by atoms with Crippen LogP contribution in [0.25, 0.3) is 11.0 Å². The highest BCUT2D eigenvalue weighted by Crippen LogP contribution is 2.30. The van der Waals surface area contributed by atoms with Crippen LogP contribution in [0.4, 0.5) is 5.69 Å². The molecule has 7 nitrogen and oxygen atoms in total. The van der Waals surface area contributed by atoms with Gasteiger partial charge in [0.05, 0.1) is 12.1 Å². The number of aryl methyl sites for hydroxylation is 2. The van der Waals surface area contributed by atoms with Gasteiger partial charge in [-0.15, -0.1) is 0 Å².